The molecule has 1 unspecified atom stereocenters. The van der Waals surface area contributed by atoms with E-state index in [0.29, 0.717) is 32.7 Å². The highest BCUT2D eigenvalue weighted by Gasteiger charge is 2.24. The number of hydrogen-bond donors (Lipinski definition) is 0. The van der Waals surface area contributed by atoms with Crippen LogP contribution in [0, 0.1) is 15.0 Å². The molecule has 0 bridgehead atoms. The number of nitriles is 1. The Balaban J connectivity index is 1.58. The summed E-state index contributed by atoms with van der Waals surface area (Å²) in [5.41, 5.74) is 2.27. The molecule has 5 rings (SSSR count). The first-order valence-electron chi connectivity index (χ1n) is 10.8. The Kier molecular flexibility index (Phi) is 6.29. The Morgan fingerprint density at radius 2 is 1.94 bits per heavy atom. The molecule has 1 fully saturated rings. The fourth-order valence-corrected chi connectivity index (χ4v) is 6.74. The summed E-state index contributed by atoms with van der Waals surface area (Å²) >= 11 is 2.01. The lowest BCUT2D eigenvalue weighted by molar-refractivity contribution is -0.106. The number of nitrogens with zero attached hydrogens (tertiary/aromatic N) is 3. The summed E-state index contributed by atoms with van der Waals surface area (Å²) < 4.78 is 40.1. The maximum absolute atomic E-state index is 13.4. The van der Waals surface area contributed by atoms with Gasteiger partial charge >= 0.3 is 0 Å². The Hall–Kier alpha value is -2.94. The third-order valence-corrected chi connectivity index (χ3v) is 8.55. The molecule has 2 aromatic carbocycles. The summed E-state index contributed by atoms with van der Waals surface area (Å²) in [4.78, 5) is 4.58. The van der Waals surface area contributed by atoms with Crippen molar-refractivity contribution in [2.75, 3.05) is 6.61 Å². The molecular weight excluding hydrogens is 565 g/mol. The third kappa shape index (κ3) is 4.17. The quantitative estimate of drug-likeness (QED) is 0.295. The van der Waals surface area contributed by atoms with E-state index in [1.165, 1.54) is 3.97 Å². The average molecular weight is 585 g/mol. The molecule has 1 aliphatic rings. The second-order valence-electron chi connectivity index (χ2n) is 7.88. The first-order valence-corrected chi connectivity index (χ1v) is 13.3. The van der Waals surface area contributed by atoms with E-state index in [2.05, 4.69) is 11.1 Å². The molecule has 0 amide bonds. The first-order chi connectivity index (χ1) is 16.5. The molecule has 0 aliphatic carbocycles. The van der Waals surface area contributed by atoms with Crippen molar-refractivity contribution in [3.63, 3.8) is 0 Å². The van der Waals surface area contributed by atoms with Crippen molar-refractivity contribution in [1.82, 2.24) is 8.96 Å². The monoisotopic (exact) mass is 585 g/mol. The molecule has 0 saturated carbocycles. The molecule has 2 aromatic heterocycles. The summed E-state index contributed by atoms with van der Waals surface area (Å²) in [5, 5.41) is 10.4. The average Bonchev–Trinajstić information content (AvgIpc) is 3.22. The minimum absolute atomic E-state index is 0.191. The van der Waals surface area contributed by atoms with E-state index in [1.54, 1.807) is 54.7 Å². The number of fused-ring (bicyclic) bond motifs is 1. The van der Waals surface area contributed by atoms with Gasteiger partial charge in [0, 0.05) is 18.0 Å². The van der Waals surface area contributed by atoms with Gasteiger partial charge in [-0.3, -0.25) is 0 Å². The highest BCUT2D eigenvalue weighted by Crippen LogP contribution is 2.35. The lowest BCUT2D eigenvalue weighted by Crippen LogP contribution is -2.25. The van der Waals surface area contributed by atoms with E-state index in [1.807, 2.05) is 34.7 Å². The molecule has 172 valence electrons. The summed E-state index contributed by atoms with van der Waals surface area (Å²) in [6.07, 6.45) is 4.07. The fraction of sp³-hybridized carbons (Fsp3) is 0.200. The van der Waals surface area contributed by atoms with Crippen LogP contribution in [0.25, 0.3) is 22.2 Å². The number of benzene rings is 2. The molecule has 0 spiro atoms. The summed E-state index contributed by atoms with van der Waals surface area (Å²) in [6, 6.07) is 19.5. The second-order valence-corrected chi connectivity index (χ2v) is 10.8. The molecule has 1 saturated heterocycles. The number of rotatable bonds is 5. The number of pyridine rings is 1. The van der Waals surface area contributed by atoms with Crippen LogP contribution in [0.3, 0.4) is 0 Å². The van der Waals surface area contributed by atoms with Gasteiger partial charge in [-0.15, -0.1) is 0 Å². The van der Waals surface area contributed by atoms with Crippen LogP contribution in [0.2, 0.25) is 0 Å². The Labute approximate surface area is 211 Å². The van der Waals surface area contributed by atoms with E-state index in [9.17, 15) is 13.7 Å². The normalized spacial score (nSPS) is 16.3. The number of aromatic nitrogens is 2. The fourth-order valence-electron chi connectivity index (χ4n) is 4.06. The lowest BCUT2D eigenvalue weighted by Gasteiger charge is -2.24. The van der Waals surface area contributed by atoms with Crippen LogP contribution < -0.4 is 4.74 Å². The molecule has 0 radical (unpaired) electrons. The largest absolute Gasteiger partial charge is 0.464 e. The van der Waals surface area contributed by atoms with Crippen LogP contribution in [-0.4, -0.2) is 30.3 Å². The van der Waals surface area contributed by atoms with Gasteiger partial charge in [-0.1, -0.05) is 24.3 Å². The molecule has 3 heterocycles. The zero-order valence-electron chi connectivity index (χ0n) is 18.0. The summed E-state index contributed by atoms with van der Waals surface area (Å²) in [7, 11) is -3.83. The van der Waals surface area contributed by atoms with Crippen LogP contribution in [0.5, 0.6) is 5.75 Å². The van der Waals surface area contributed by atoms with Crippen molar-refractivity contribution in [2.45, 2.75) is 30.4 Å². The highest BCUT2D eigenvalue weighted by molar-refractivity contribution is 14.1. The Morgan fingerprint density at radius 3 is 2.68 bits per heavy atom. The van der Waals surface area contributed by atoms with Gasteiger partial charge < -0.3 is 9.47 Å². The van der Waals surface area contributed by atoms with E-state index < -0.39 is 10.0 Å². The lowest BCUT2D eigenvalue weighted by atomic mass is 10.0. The zero-order chi connectivity index (χ0) is 23.7. The Bertz CT molecular complexity index is 1500. The SMILES string of the molecule is N#Cc1cc(-c2ccnc3c2cc(I)n3S(=O)(=O)c2ccccc2)ccc1OC1CCCCO1. The molecule has 1 atom stereocenters. The molecule has 9 heteroatoms. The van der Waals surface area contributed by atoms with Crippen LogP contribution in [0.1, 0.15) is 24.8 Å². The Morgan fingerprint density at radius 1 is 1.12 bits per heavy atom. The third-order valence-electron chi connectivity index (χ3n) is 5.71. The van der Waals surface area contributed by atoms with Crippen LogP contribution in [-0.2, 0) is 14.8 Å². The molecule has 34 heavy (non-hydrogen) atoms. The number of halogens is 1. The smallest absolute Gasteiger partial charge is 0.270 e. The van der Waals surface area contributed by atoms with Crippen LogP contribution >= 0.6 is 22.6 Å². The minimum Gasteiger partial charge on any atom is -0.464 e. The van der Waals surface area contributed by atoms with Crippen molar-refractivity contribution in [3.05, 3.63) is 76.1 Å². The zero-order valence-corrected chi connectivity index (χ0v) is 21.0. The predicted octanol–water partition coefficient (Wildman–Crippen LogP) is 5.32. The van der Waals surface area contributed by atoms with Gasteiger partial charge in [0.05, 0.1) is 20.8 Å². The van der Waals surface area contributed by atoms with Gasteiger partial charge in [0.1, 0.15) is 11.8 Å². The number of ether oxygens (including phenoxy) is 2. The van der Waals surface area contributed by atoms with Crippen molar-refractivity contribution >= 4 is 43.6 Å². The molecule has 0 N–H and O–H groups in total. The molecule has 4 aromatic rings. The predicted molar refractivity (Wildman–Crippen MR) is 136 cm³/mol. The van der Waals surface area contributed by atoms with Gasteiger partial charge in [0.15, 0.2) is 11.9 Å². The van der Waals surface area contributed by atoms with Gasteiger partial charge in [0.2, 0.25) is 0 Å². The first kappa shape index (κ1) is 22.8. The van der Waals surface area contributed by atoms with Crippen molar-refractivity contribution in [1.29, 1.82) is 5.26 Å². The van der Waals surface area contributed by atoms with Gasteiger partial charge in [0.25, 0.3) is 10.0 Å². The van der Waals surface area contributed by atoms with E-state index >= 15 is 0 Å². The minimum atomic E-state index is -3.83. The van der Waals surface area contributed by atoms with E-state index in [0.717, 1.165) is 30.4 Å². The maximum atomic E-state index is 13.4. The van der Waals surface area contributed by atoms with Crippen LogP contribution in [0.4, 0.5) is 0 Å². The standard InChI is InChI=1S/C25H20IN3O4S/c26-23-15-21-20(11-12-28-25(21)29(23)34(30,31)19-6-2-1-3-7-19)17-9-10-22(18(14-17)16-27)33-24-8-4-5-13-32-24/h1-3,6-7,9-12,14-15,24H,4-5,8,13H2. The van der Waals surface area contributed by atoms with Crippen LogP contribution in [0.15, 0.2) is 71.8 Å². The topological polar surface area (TPSA) is 94.2 Å². The van der Waals surface area contributed by atoms with Gasteiger partial charge in [-0.25, -0.2) is 17.4 Å². The van der Waals surface area contributed by atoms with Crippen molar-refractivity contribution in [3.8, 4) is 22.9 Å². The molecule has 7 nitrogen and oxygen atoms in total. The molecule has 1 aliphatic heterocycles. The van der Waals surface area contributed by atoms with E-state index in [-0.39, 0.29) is 11.2 Å². The number of hydrogen-bond acceptors (Lipinski definition) is 6. The second kappa shape index (κ2) is 9.37. The van der Waals surface area contributed by atoms with Crippen molar-refractivity contribution < 1.29 is 17.9 Å². The van der Waals surface area contributed by atoms with Gasteiger partial charge in [-0.05, 0) is 83.0 Å². The summed E-state index contributed by atoms with van der Waals surface area (Å²) in [5.74, 6) is 0.474. The highest BCUT2D eigenvalue weighted by atomic mass is 127. The van der Waals surface area contributed by atoms with Crippen molar-refractivity contribution in [2.24, 2.45) is 0 Å². The van der Waals surface area contributed by atoms with Gasteiger partial charge in [-0.2, -0.15) is 5.26 Å². The molecular formula is C25H20IN3O4S. The van der Waals surface area contributed by atoms with E-state index in [4.69, 9.17) is 9.47 Å². The summed E-state index contributed by atoms with van der Waals surface area (Å²) in [6.45, 7) is 0.654. The maximum Gasteiger partial charge on any atom is 0.270 e.